The van der Waals surface area contributed by atoms with Crippen LogP contribution in [0.1, 0.15) is 30.6 Å². The van der Waals surface area contributed by atoms with Gasteiger partial charge in [-0.15, -0.1) is 0 Å². The average Bonchev–Trinajstić information content (AvgIpc) is 2.72. The molecule has 4 heteroatoms. The third-order valence-electron chi connectivity index (χ3n) is 4.38. The van der Waals surface area contributed by atoms with Crippen LogP contribution in [-0.2, 0) is 9.59 Å². The van der Waals surface area contributed by atoms with Gasteiger partial charge in [0.1, 0.15) is 0 Å². The summed E-state index contributed by atoms with van der Waals surface area (Å²) >= 11 is 0. The van der Waals surface area contributed by atoms with Gasteiger partial charge in [-0.05, 0) is 31.4 Å². The van der Waals surface area contributed by atoms with Gasteiger partial charge in [0.2, 0.25) is 11.8 Å². The van der Waals surface area contributed by atoms with E-state index in [4.69, 9.17) is 0 Å². The van der Waals surface area contributed by atoms with Gasteiger partial charge >= 0.3 is 0 Å². The Labute approximate surface area is 123 Å². The highest BCUT2D eigenvalue weighted by molar-refractivity contribution is 6.22. The number of carbonyl (C=O) groups is 3. The number of Topliss-reactive ketones (excluding diaryl/α,β-unsaturated/α-hetero) is 1. The van der Waals surface area contributed by atoms with E-state index in [0.717, 1.165) is 0 Å². The Kier molecular flexibility index (Phi) is 3.24. The van der Waals surface area contributed by atoms with E-state index in [-0.39, 0.29) is 35.4 Å². The fourth-order valence-electron chi connectivity index (χ4n) is 3.27. The molecule has 1 saturated heterocycles. The maximum absolute atomic E-state index is 12.6. The molecule has 3 unspecified atom stereocenters. The molecule has 0 N–H and O–H groups in total. The van der Waals surface area contributed by atoms with Crippen LogP contribution in [-0.4, -0.2) is 17.6 Å². The summed E-state index contributed by atoms with van der Waals surface area (Å²) in [6.45, 7) is 3.44. The SMILES string of the molecule is CC(=O)c1cccc(N2C(=O)C3CC=CC(C)C3C2=O)c1. The van der Waals surface area contributed by atoms with E-state index in [1.54, 1.807) is 24.3 Å². The smallest absolute Gasteiger partial charge is 0.238 e. The number of allylic oxidation sites excluding steroid dienone is 2. The third kappa shape index (κ3) is 2.11. The predicted molar refractivity (Wildman–Crippen MR) is 78.8 cm³/mol. The first-order valence-electron chi connectivity index (χ1n) is 7.16. The minimum absolute atomic E-state index is 0.0705. The summed E-state index contributed by atoms with van der Waals surface area (Å²) in [7, 11) is 0. The van der Waals surface area contributed by atoms with E-state index < -0.39 is 0 Å². The van der Waals surface area contributed by atoms with Crippen LogP contribution in [0.3, 0.4) is 0 Å². The van der Waals surface area contributed by atoms with Gasteiger partial charge < -0.3 is 0 Å². The molecule has 2 aliphatic rings. The predicted octanol–water partition coefficient (Wildman–Crippen LogP) is 2.59. The molecule has 0 saturated carbocycles. The molecule has 1 aliphatic carbocycles. The average molecular weight is 283 g/mol. The Morgan fingerprint density at radius 3 is 2.67 bits per heavy atom. The Hall–Kier alpha value is -2.23. The molecule has 1 aromatic carbocycles. The fourth-order valence-corrected chi connectivity index (χ4v) is 3.27. The molecule has 1 heterocycles. The number of amides is 2. The second kappa shape index (κ2) is 4.95. The Morgan fingerprint density at radius 2 is 2.00 bits per heavy atom. The number of imide groups is 1. The summed E-state index contributed by atoms with van der Waals surface area (Å²) < 4.78 is 0. The van der Waals surface area contributed by atoms with Crippen molar-refractivity contribution in [2.75, 3.05) is 4.90 Å². The summed E-state index contributed by atoms with van der Waals surface area (Å²) in [4.78, 5) is 37.9. The monoisotopic (exact) mass is 283 g/mol. The van der Waals surface area contributed by atoms with Gasteiger partial charge in [0.25, 0.3) is 0 Å². The quantitative estimate of drug-likeness (QED) is 0.476. The van der Waals surface area contributed by atoms with E-state index in [1.165, 1.54) is 11.8 Å². The number of fused-ring (bicyclic) bond motifs is 1. The maximum atomic E-state index is 12.6. The normalized spacial score (nSPS) is 27.9. The highest BCUT2D eigenvalue weighted by Gasteiger charge is 2.50. The van der Waals surface area contributed by atoms with E-state index in [1.807, 2.05) is 19.1 Å². The molecular weight excluding hydrogens is 266 g/mol. The number of hydrogen-bond acceptors (Lipinski definition) is 3. The molecule has 0 radical (unpaired) electrons. The first-order valence-corrected chi connectivity index (χ1v) is 7.16. The topological polar surface area (TPSA) is 54.5 Å². The van der Waals surface area contributed by atoms with Crippen molar-refractivity contribution in [1.29, 1.82) is 0 Å². The standard InChI is InChI=1S/C17H17NO3/c1-10-5-3-8-14-15(10)17(21)18(16(14)20)13-7-4-6-12(9-13)11(2)19/h3-7,9-10,14-15H,8H2,1-2H3. The molecule has 3 rings (SSSR count). The molecule has 1 fully saturated rings. The zero-order chi connectivity index (χ0) is 15.1. The van der Waals surface area contributed by atoms with E-state index in [2.05, 4.69) is 0 Å². The number of benzene rings is 1. The number of anilines is 1. The lowest BCUT2D eigenvalue weighted by Gasteiger charge is -2.22. The van der Waals surface area contributed by atoms with Gasteiger partial charge in [0, 0.05) is 5.56 Å². The zero-order valence-electron chi connectivity index (χ0n) is 12.1. The van der Waals surface area contributed by atoms with E-state index in [0.29, 0.717) is 17.7 Å². The van der Waals surface area contributed by atoms with Gasteiger partial charge in [-0.2, -0.15) is 0 Å². The van der Waals surface area contributed by atoms with Crippen molar-refractivity contribution >= 4 is 23.3 Å². The third-order valence-corrected chi connectivity index (χ3v) is 4.38. The molecule has 4 nitrogen and oxygen atoms in total. The van der Waals surface area contributed by atoms with Gasteiger partial charge in [-0.25, -0.2) is 0 Å². The molecule has 108 valence electrons. The van der Waals surface area contributed by atoms with Crippen molar-refractivity contribution in [1.82, 2.24) is 0 Å². The number of ketones is 1. The molecule has 0 bridgehead atoms. The molecule has 3 atom stereocenters. The van der Waals surface area contributed by atoms with Crippen molar-refractivity contribution in [3.63, 3.8) is 0 Å². The minimum Gasteiger partial charge on any atom is -0.295 e. The first-order chi connectivity index (χ1) is 10.0. The van der Waals surface area contributed by atoms with Crippen molar-refractivity contribution in [3.05, 3.63) is 42.0 Å². The van der Waals surface area contributed by atoms with E-state index >= 15 is 0 Å². The van der Waals surface area contributed by atoms with Crippen LogP contribution < -0.4 is 4.90 Å². The number of carbonyl (C=O) groups excluding carboxylic acids is 3. The molecular formula is C17H17NO3. The molecule has 0 aromatic heterocycles. The van der Waals surface area contributed by atoms with Gasteiger partial charge in [0.15, 0.2) is 5.78 Å². The summed E-state index contributed by atoms with van der Waals surface area (Å²) in [5, 5.41) is 0. The second-order valence-electron chi connectivity index (χ2n) is 5.77. The van der Waals surface area contributed by atoms with Crippen molar-refractivity contribution < 1.29 is 14.4 Å². The fraction of sp³-hybridized carbons (Fsp3) is 0.353. The van der Waals surface area contributed by atoms with Gasteiger partial charge in [0.05, 0.1) is 17.5 Å². The number of hydrogen-bond donors (Lipinski definition) is 0. The summed E-state index contributed by atoms with van der Waals surface area (Å²) in [5.74, 6) is -0.851. The van der Waals surface area contributed by atoms with Crippen molar-refractivity contribution in [3.8, 4) is 0 Å². The van der Waals surface area contributed by atoms with Crippen LogP contribution in [0.15, 0.2) is 36.4 Å². The highest BCUT2D eigenvalue weighted by atomic mass is 16.2. The van der Waals surface area contributed by atoms with Crippen molar-refractivity contribution in [2.24, 2.45) is 17.8 Å². The lowest BCUT2D eigenvalue weighted by molar-refractivity contribution is -0.122. The molecule has 2 amide bonds. The Morgan fingerprint density at radius 1 is 1.24 bits per heavy atom. The zero-order valence-corrected chi connectivity index (χ0v) is 12.1. The Bertz CT molecular complexity index is 662. The maximum Gasteiger partial charge on any atom is 0.238 e. The highest BCUT2D eigenvalue weighted by Crippen LogP contribution is 2.40. The summed E-state index contributed by atoms with van der Waals surface area (Å²) in [6.07, 6.45) is 4.59. The van der Waals surface area contributed by atoms with Crippen molar-refractivity contribution in [2.45, 2.75) is 20.3 Å². The van der Waals surface area contributed by atoms with Crippen LogP contribution >= 0.6 is 0 Å². The number of nitrogens with zero attached hydrogens (tertiary/aromatic N) is 1. The van der Waals surface area contributed by atoms with Gasteiger partial charge in [-0.1, -0.05) is 31.2 Å². The van der Waals surface area contributed by atoms with Crippen LogP contribution in [0, 0.1) is 17.8 Å². The second-order valence-corrected chi connectivity index (χ2v) is 5.77. The first kappa shape index (κ1) is 13.7. The molecule has 0 spiro atoms. The minimum atomic E-state index is -0.275. The van der Waals surface area contributed by atoms with Gasteiger partial charge in [-0.3, -0.25) is 19.3 Å². The van der Waals surface area contributed by atoms with Crippen LogP contribution in [0.2, 0.25) is 0 Å². The van der Waals surface area contributed by atoms with E-state index in [9.17, 15) is 14.4 Å². The largest absolute Gasteiger partial charge is 0.295 e. The molecule has 1 aromatic rings. The summed E-state index contributed by atoms with van der Waals surface area (Å²) in [6, 6.07) is 6.72. The Balaban J connectivity index is 2.00. The van der Waals surface area contributed by atoms with Crippen LogP contribution in [0.4, 0.5) is 5.69 Å². The molecule has 21 heavy (non-hydrogen) atoms. The lowest BCUT2D eigenvalue weighted by atomic mass is 9.78. The summed E-state index contributed by atoms with van der Waals surface area (Å²) in [5.41, 5.74) is 1.01. The van der Waals surface area contributed by atoms with Crippen LogP contribution in [0.25, 0.3) is 0 Å². The molecule has 1 aliphatic heterocycles. The van der Waals surface area contributed by atoms with Crippen LogP contribution in [0.5, 0.6) is 0 Å². The lowest BCUT2D eigenvalue weighted by Crippen LogP contribution is -2.31. The number of rotatable bonds is 2.